The molecule has 0 atom stereocenters. The average molecular weight is 317 g/mol. The van der Waals surface area contributed by atoms with Crippen molar-refractivity contribution in [3.05, 3.63) is 58.8 Å². The highest BCUT2D eigenvalue weighted by Crippen LogP contribution is 2.39. The largest absolute Gasteiger partial charge is 0.460 e. The van der Waals surface area contributed by atoms with E-state index in [0.29, 0.717) is 5.92 Å². The van der Waals surface area contributed by atoms with Gasteiger partial charge in [0.15, 0.2) is 0 Å². The number of benzene rings is 2. The van der Waals surface area contributed by atoms with Gasteiger partial charge in [-0.2, -0.15) is 0 Å². The van der Waals surface area contributed by atoms with Crippen molar-refractivity contribution in [2.75, 3.05) is 0 Å². The zero-order valence-corrected chi connectivity index (χ0v) is 13.9. The van der Waals surface area contributed by atoms with E-state index in [1.807, 2.05) is 25.1 Å². The minimum atomic E-state index is 0.508. The molecule has 0 fully saturated rings. The van der Waals surface area contributed by atoms with Crippen LogP contribution >= 0.6 is 23.4 Å². The van der Waals surface area contributed by atoms with Crippen LogP contribution in [0.15, 0.2) is 56.7 Å². The van der Waals surface area contributed by atoms with E-state index in [9.17, 15) is 0 Å². The van der Waals surface area contributed by atoms with Gasteiger partial charge in [0.25, 0.3) is 0 Å². The van der Waals surface area contributed by atoms with Crippen LogP contribution in [0.2, 0.25) is 5.02 Å². The molecular weight excluding hydrogens is 300 g/mol. The Balaban J connectivity index is 2.08. The minimum Gasteiger partial charge on any atom is -0.460 e. The number of hydrogen-bond acceptors (Lipinski definition) is 2. The lowest BCUT2D eigenvalue weighted by Crippen LogP contribution is -1.85. The van der Waals surface area contributed by atoms with Crippen molar-refractivity contribution in [1.29, 1.82) is 0 Å². The zero-order chi connectivity index (χ0) is 15.0. The van der Waals surface area contributed by atoms with Crippen molar-refractivity contribution >= 4 is 34.3 Å². The molecule has 0 aliphatic carbocycles. The van der Waals surface area contributed by atoms with E-state index in [1.165, 1.54) is 15.8 Å². The molecule has 0 unspecified atom stereocenters. The Morgan fingerprint density at radius 1 is 1.10 bits per heavy atom. The van der Waals surface area contributed by atoms with Crippen LogP contribution in [-0.2, 0) is 0 Å². The first-order valence-electron chi connectivity index (χ1n) is 7.01. The molecule has 21 heavy (non-hydrogen) atoms. The van der Waals surface area contributed by atoms with Gasteiger partial charge in [-0.15, -0.1) is 0 Å². The van der Waals surface area contributed by atoms with Crippen molar-refractivity contribution in [3.63, 3.8) is 0 Å². The van der Waals surface area contributed by atoms with Crippen LogP contribution in [-0.4, -0.2) is 0 Å². The lowest BCUT2D eigenvalue weighted by Gasteiger charge is -2.05. The highest BCUT2D eigenvalue weighted by atomic mass is 35.5. The molecule has 0 bridgehead atoms. The SMILES string of the molecule is Cc1oc2ccc(C(C)C)cc2c1Sc1cccc(Cl)c1. The van der Waals surface area contributed by atoms with Gasteiger partial charge in [0.2, 0.25) is 0 Å². The molecule has 3 rings (SSSR count). The summed E-state index contributed by atoms with van der Waals surface area (Å²) in [4.78, 5) is 2.30. The van der Waals surface area contributed by atoms with Crippen LogP contribution < -0.4 is 0 Å². The van der Waals surface area contributed by atoms with E-state index in [1.54, 1.807) is 11.8 Å². The van der Waals surface area contributed by atoms with Crippen LogP contribution in [0.5, 0.6) is 0 Å². The van der Waals surface area contributed by atoms with Crippen LogP contribution in [0.25, 0.3) is 11.0 Å². The Labute approximate surface area is 134 Å². The van der Waals surface area contributed by atoms with Crippen molar-refractivity contribution in [3.8, 4) is 0 Å². The molecule has 0 saturated carbocycles. The summed E-state index contributed by atoms with van der Waals surface area (Å²) in [7, 11) is 0. The quantitative estimate of drug-likeness (QED) is 0.535. The monoisotopic (exact) mass is 316 g/mol. The Kier molecular flexibility index (Phi) is 4.01. The highest BCUT2D eigenvalue weighted by molar-refractivity contribution is 7.99. The summed E-state index contributed by atoms with van der Waals surface area (Å²) in [5, 5.41) is 1.94. The van der Waals surface area contributed by atoms with Gasteiger partial charge in [0, 0.05) is 15.3 Å². The van der Waals surface area contributed by atoms with Gasteiger partial charge in [-0.25, -0.2) is 0 Å². The number of hydrogen-bond donors (Lipinski definition) is 0. The first kappa shape index (κ1) is 14.6. The predicted molar refractivity (Wildman–Crippen MR) is 90.6 cm³/mol. The Morgan fingerprint density at radius 3 is 2.62 bits per heavy atom. The second-order valence-electron chi connectivity index (χ2n) is 5.46. The van der Waals surface area contributed by atoms with Gasteiger partial charge in [0.05, 0.1) is 4.90 Å². The molecule has 0 aliphatic heterocycles. The van der Waals surface area contributed by atoms with Crippen molar-refractivity contribution in [2.24, 2.45) is 0 Å². The number of aryl methyl sites for hydroxylation is 1. The number of fused-ring (bicyclic) bond motifs is 1. The van der Waals surface area contributed by atoms with Crippen LogP contribution in [0, 0.1) is 6.92 Å². The van der Waals surface area contributed by atoms with Crippen molar-refractivity contribution in [1.82, 2.24) is 0 Å². The summed E-state index contributed by atoms with van der Waals surface area (Å²) in [6, 6.07) is 14.4. The van der Waals surface area contributed by atoms with E-state index >= 15 is 0 Å². The highest BCUT2D eigenvalue weighted by Gasteiger charge is 2.14. The van der Waals surface area contributed by atoms with Crippen LogP contribution in [0.3, 0.4) is 0 Å². The molecule has 1 heterocycles. The first-order valence-corrected chi connectivity index (χ1v) is 8.20. The molecule has 108 valence electrons. The van der Waals surface area contributed by atoms with E-state index < -0.39 is 0 Å². The molecule has 1 nitrogen and oxygen atoms in total. The summed E-state index contributed by atoms with van der Waals surface area (Å²) >= 11 is 7.78. The van der Waals surface area contributed by atoms with Gasteiger partial charge < -0.3 is 4.42 Å². The lowest BCUT2D eigenvalue weighted by molar-refractivity contribution is 0.568. The van der Waals surface area contributed by atoms with Crippen molar-refractivity contribution in [2.45, 2.75) is 36.5 Å². The maximum absolute atomic E-state index is 6.07. The first-order chi connectivity index (χ1) is 10.0. The summed E-state index contributed by atoms with van der Waals surface area (Å²) in [6.45, 7) is 6.43. The smallest absolute Gasteiger partial charge is 0.135 e. The molecule has 0 radical (unpaired) electrons. The van der Waals surface area contributed by atoms with E-state index in [4.69, 9.17) is 16.0 Å². The second-order valence-corrected chi connectivity index (χ2v) is 6.98. The number of rotatable bonds is 3. The molecule has 3 aromatic rings. The second kappa shape index (κ2) is 5.78. The minimum absolute atomic E-state index is 0.508. The predicted octanol–water partition coefficient (Wildman–Crippen LogP) is 6.67. The molecule has 0 saturated heterocycles. The van der Waals surface area contributed by atoms with Gasteiger partial charge >= 0.3 is 0 Å². The van der Waals surface area contributed by atoms with Crippen molar-refractivity contribution < 1.29 is 4.42 Å². The fourth-order valence-corrected chi connectivity index (χ4v) is 3.63. The Bertz CT molecular complexity index is 789. The molecule has 0 N–H and O–H groups in total. The molecule has 2 aromatic carbocycles. The zero-order valence-electron chi connectivity index (χ0n) is 12.3. The summed E-state index contributed by atoms with van der Waals surface area (Å²) in [5.41, 5.74) is 2.28. The molecular formula is C18H17ClOS. The fourth-order valence-electron chi connectivity index (χ4n) is 2.35. The normalized spacial score (nSPS) is 11.5. The molecule has 0 spiro atoms. The van der Waals surface area contributed by atoms with Gasteiger partial charge in [-0.1, -0.05) is 49.3 Å². The fraction of sp³-hybridized carbons (Fsp3) is 0.222. The van der Waals surface area contributed by atoms with Crippen LogP contribution in [0.1, 0.15) is 31.1 Å². The van der Waals surface area contributed by atoms with Gasteiger partial charge in [-0.05, 0) is 48.7 Å². The maximum atomic E-state index is 6.07. The number of furan rings is 1. The third-order valence-electron chi connectivity index (χ3n) is 3.51. The Hall–Kier alpha value is -1.38. The third-order valence-corrected chi connectivity index (χ3v) is 4.95. The lowest BCUT2D eigenvalue weighted by atomic mass is 10.0. The molecule has 1 aromatic heterocycles. The number of halogens is 1. The third kappa shape index (κ3) is 2.97. The molecule has 0 aliphatic rings. The molecule has 0 amide bonds. The summed E-state index contributed by atoms with van der Waals surface area (Å²) < 4.78 is 5.88. The maximum Gasteiger partial charge on any atom is 0.135 e. The topological polar surface area (TPSA) is 13.1 Å². The van der Waals surface area contributed by atoms with Crippen LogP contribution in [0.4, 0.5) is 0 Å². The Morgan fingerprint density at radius 2 is 1.90 bits per heavy atom. The molecule has 3 heteroatoms. The van der Waals surface area contributed by atoms with E-state index in [0.717, 1.165) is 21.3 Å². The standard InChI is InChI=1S/C18H17ClOS/c1-11(2)13-7-8-17-16(9-13)18(12(3)20-17)21-15-6-4-5-14(19)10-15/h4-11H,1-3H3. The van der Waals surface area contributed by atoms with E-state index in [-0.39, 0.29) is 0 Å². The summed E-state index contributed by atoms with van der Waals surface area (Å²) in [5.74, 6) is 1.46. The van der Waals surface area contributed by atoms with Gasteiger partial charge in [-0.3, -0.25) is 0 Å². The van der Waals surface area contributed by atoms with Gasteiger partial charge in [0.1, 0.15) is 11.3 Å². The van der Waals surface area contributed by atoms with E-state index in [2.05, 4.69) is 38.1 Å². The average Bonchev–Trinajstić information content (AvgIpc) is 2.74. The summed E-state index contributed by atoms with van der Waals surface area (Å²) in [6.07, 6.45) is 0.